The molecule has 4 heteroatoms. The highest BCUT2D eigenvalue weighted by Gasteiger charge is 2.60. The van der Waals surface area contributed by atoms with Gasteiger partial charge in [-0.3, -0.25) is 4.79 Å². The lowest BCUT2D eigenvalue weighted by Gasteiger charge is -2.48. The van der Waals surface area contributed by atoms with Gasteiger partial charge in [0.05, 0.1) is 13.2 Å². The first-order valence-corrected chi connectivity index (χ1v) is 8.16. The van der Waals surface area contributed by atoms with Gasteiger partial charge in [0.25, 0.3) is 5.91 Å². The van der Waals surface area contributed by atoms with Crippen molar-refractivity contribution in [3.05, 3.63) is 0 Å². The minimum Gasteiger partial charge on any atom is -0.370 e. The van der Waals surface area contributed by atoms with E-state index < -0.39 is 0 Å². The molecule has 0 radical (unpaired) electrons. The van der Waals surface area contributed by atoms with E-state index in [0.29, 0.717) is 12.5 Å². The molecule has 2 aliphatic carbocycles. The molecule has 0 aromatic heterocycles. The Morgan fingerprint density at radius 2 is 1.85 bits per heavy atom. The summed E-state index contributed by atoms with van der Waals surface area (Å²) in [5, 5.41) is 3.42. The second-order valence-electron chi connectivity index (χ2n) is 7.72. The molecule has 4 nitrogen and oxygen atoms in total. The van der Waals surface area contributed by atoms with Crippen molar-refractivity contribution in [1.29, 1.82) is 0 Å². The van der Waals surface area contributed by atoms with Gasteiger partial charge in [0.2, 0.25) is 0 Å². The molecule has 3 rings (SSSR count). The van der Waals surface area contributed by atoms with Crippen LogP contribution in [0.15, 0.2) is 0 Å². The number of hydrogen-bond acceptors (Lipinski definition) is 2. The SMILES string of the molecule is CC1(C)[C@@H]2CC[C@H](C2)[C@@]1(C)NC(=O)C[NH+]1CCOCC1. The van der Waals surface area contributed by atoms with Crippen LogP contribution in [0.3, 0.4) is 0 Å². The molecule has 0 aromatic rings. The van der Waals surface area contributed by atoms with Gasteiger partial charge < -0.3 is 15.0 Å². The minimum atomic E-state index is -0.0152. The Labute approximate surface area is 122 Å². The van der Waals surface area contributed by atoms with Crippen molar-refractivity contribution in [1.82, 2.24) is 5.32 Å². The van der Waals surface area contributed by atoms with Gasteiger partial charge in [-0.1, -0.05) is 13.8 Å². The van der Waals surface area contributed by atoms with Crippen molar-refractivity contribution in [3.8, 4) is 0 Å². The molecule has 1 aliphatic heterocycles. The molecule has 20 heavy (non-hydrogen) atoms. The fourth-order valence-corrected chi connectivity index (χ4v) is 4.77. The summed E-state index contributed by atoms with van der Waals surface area (Å²) in [7, 11) is 0. The smallest absolute Gasteiger partial charge is 0.275 e. The van der Waals surface area contributed by atoms with E-state index in [1.165, 1.54) is 24.2 Å². The molecule has 0 aromatic carbocycles. The van der Waals surface area contributed by atoms with Crippen molar-refractivity contribution < 1.29 is 14.4 Å². The summed E-state index contributed by atoms with van der Waals surface area (Å²) in [6.45, 7) is 11.1. The maximum Gasteiger partial charge on any atom is 0.275 e. The quantitative estimate of drug-likeness (QED) is 0.778. The number of nitrogens with one attached hydrogen (secondary N) is 2. The minimum absolute atomic E-state index is 0.0152. The number of ether oxygens (including phenoxy) is 1. The number of fused-ring (bicyclic) bond motifs is 2. The molecule has 0 unspecified atom stereocenters. The fourth-order valence-electron chi connectivity index (χ4n) is 4.77. The van der Waals surface area contributed by atoms with Crippen LogP contribution >= 0.6 is 0 Å². The van der Waals surface area contributed by atoms with Crippen molar-refractivity contribution in [2.75, 3.05) is 32.8 Å². The first-order valence-electron chi connectivity index (χ1n) is 8.16. The van der Waals surface area contributed by atoms with Crippen molar-refractivity contribution in [2.24, 2.45) is 17.3 Å². The van der Waals surface area contributed by atoms with Gasteiger partial charge in [-0.2, -0.15) is 0 Å². The summed E-state index contributed by atoms with van der Waals surface area (Å²) in [5.74, 6) is 1.68. The van der Waals surface area contributed by atoms with Gasteiger partial charge in [-0.25, -0.2) is 0 Å². The summed E-state index contributed by atoms with van der Waals surface area (Å²) in [5.41, 5.74) is 0.213. The number of amides is 1. The maximum absolute atomic E-state index is 12.5. The number of carbonyl (C=O) groups is 1. The molecule has 3 fully saturated rings. The van der Waals surface area contributed by atoms with E-state index in [2.05, 4.69) is 26.1 Å². The molecule has 3 atom stereocenters. The van der Waals surface area contributed by atoms with Gasteiger partial charge in [0, 0.05) is 5.54 Å². The monoisotopic (exact) mass is 281 g/mol. The molecular weight excluding hydrogens is 252 g/mol. The average molecular weight is 281 g/mol. The Morgan fingerprint density at radius 3 is 2.45 bits per heavy atom. The number of carbonyl (C=O) groups excluding carboxylic acids is 1. The van der Waals surface area contributed by atoms with Gasteiger partial charge in [0.1, 0.15) is 13.1 Å². The lowest BCUT2D eigenvalue weighted by molar-refractivity contribution is -0.900. The average Bonchev–Trinajstić information content (AvgIpc) is 2.94. The summed E-state index contributed by atoms with van der Waals surface area (Å²) in [4.78, 5) is 13.8. The van der Waals surface area contributed by atoms with Crippen LogP contribution in [0.25, 0.3) is 0 Å². The summed E-state index contributed by atoms with van der Waals surface area (Å²) in [6, 6.07) is 0. The number of hydrogen-bond donors (Lipinski definition) is 2. The first kappa shape index (κ1) is 14.3. The topological polar surface area (TPSA) is 42.8 Å². The highest BCUT2D eigenvalue weighted by atomic mass is 16.5. The third-order valence-corrected chi connectivity index (χ3v) is 6.62. The molecular formula is C16H29N2O2+. The Balaban J connectivity index is 1.63. The molecule has 2 N–H and O–H groups in total. The maximum atomic E-state index is 12.5. The Morgan fingerprint density at radius 1 is 1.20 bits per heavy atom. The summed E-state index contributed by atoms with van der Waals surface area (Å²) < 4.78 is 5.36. The molecule has 2 bridgehead atoms. The van der Waals surface area contributed by atoms with Crippen LogP contribution in [0.2, 0.25) is 0 Å². The van der Waals surface area contributed by atoms with Crippen molar-refractivity contribution >= 4 is 5.91 Å². The van der Waals surface area contributed by atoms with Gasteiger partial charge in [0.15, 0.2) is 6.54 Å². The molecule has 1 heterocycles. The zero-order valence-electron chi connectivity index (χ0n) is 13.1. The second kappa shape index (κ2) is 4.99. The van der Waals surface area contributed by atoms with E-state index >= 15 is 0 Å². The Hall–Kier alpha value is -0.610. The van der Waals surface area contributed by atoms with E-state index in [-0.39, 0.29) is 16.9 Å². The first-order chi connectivity index (χ1) is 9.43. The van der Waals surface area contributed by atoms with Crippen LogP contribution in [0.5, 0.6) is 0 Å². The fraction of sp³-hybridized carbons (Fsp3) is 0.938. The van der Waals surface area contributed by atoms with Crippen molar-refractivity contribution in [2.45, 2.75) is 45.6 Å². The summed E-state index contributed by atoms with van der Waals surface area (Å²) >= 11 is 0. The number of rotatable bonds is 3. The molecule has 1 amide bonds. The lowest BCUT2D eigenvalue weighted by atomic mass is 9.64. The third-order valence-electron chi connectivity index (χ3n) is 6.62. The zero-order chi connectivity index (χ0) is 14.4. The lowest BCUT2D eigenvalue weighted by Crippen LogP contribution is -3.15. The predicted molar refractivity (Wildman–Crippen MR) is 77.5 cm³/mol. The molecule has 2 saturated carbocycles. The van der Waals surface area contributed by atoms with Crippen LogP contribution in [0.4, 0.5) is 0 Å². The highest BCUT2D eigenvalue weighted by Crippen LogP contribution is 2.61. The normalized spacial score (nSPS) is 40.0. The van der Waals surface area contributed by atoms with Crippen molar-refractivity contribution in [3.63, 3.8) is 0 Å². The van der Waals surface area contributed by atoms with E-state index in [4.69, 9.17) is 4.74 Å². The summed E-state index contributed by atoms with van der Waals surface area (Å²) in [6.07, 6.45) is 3.93. The highest BCUT2D eigenvalue weighted by molar-refractivity contribution is 5.78. The Kier molecular flexibility index (Phi) is 3.57. The number of morpholine rings is 1. The largest absolute Gasteiger partial charge is 0.370 e. The second-order valence-corrected chi connectivity index (χ2v) is 7.72. The van der Waals surface area contributed by atoms with Crippen LogP contribution in [-0.2, 0) is 9.53 Å². The van der Waals surface area contributed by atoms with E-state index in [0.717, 1.165) is 32.2 Å². The van der Waals surface area contributed by atoms with Gasteiger partial charge in [-0.05, 0) is 43.4 Å². The van der Waals surface area contributed by atoms with E-state index in [1.807, 2.05) is 0 Å². The third kappa shape index (κ3) is 2.17. The van der Waals surface area contributed by atoms with Crippen LogP contribution in [0.1, 0.15) is 40.0 Å². The van der Waals surface area contributed by atoms with Crippen LogP contribution in [-0.4, -0.2) is 44.3 Å². The van der Waals surface area contributed by atoms with E-state index in [9.17, 15) is 4.79 Å². The zero-order valence-corrected chi connectivity index (χ0v) is 13.1. The molecule has 1 saturated heterocycles. The van der Waals surface area contributed by atoms with Crippen LogP contribution in [0, 0.1) is 17.3 Å². The molecule has 3 aliphatic rings. The predicted octanol–water partition coefficient (Wildman–Crippen LogP) is 0.233. The van der Waals surface area contributed by atoms with Gasteiger partial charge in [-0.15, -0.1) is 0 Å². The van der Waals surface area contributed by atoms with Crippen LogP contribution < -0.4 is 10.2 Å². The van der Waals surface area contributed by atoms with Gasteiger partial charge >= 0.3 is 0 Å². The molecule has 0 spiro atoms. The Bertz CT molecular complexity index is 390. The molecule has 114 valence electrons. The van der Waals surface area contributed by atoms with E-state index in [1.54, 1.807) is 0 Å². The number of quaternary nitrogens is 1. The standard InChI is InChI=1S/C16H28N2O2/c1-15(2)12-4-5-13(10-12)16(15,3)17-14(19)11-18-6-8-20-9-7-18/h12-13H,4-11H2,1-3H3,(H,17,19)/p+1/t12-,13-,16-/m1/s1.